The van der Waals surface area contributed by atoms with Crippen molar-refractivity contribution in [3.8, 4) is 0 Å². The van der Waals surface area contributed by atoms with E-state index in [-0.39, 0.29) is 11.8 Å². The second-order valence-electron chi connectivity index (χ2n) is 5.97. The van der Waals surface area contributed by atoms with Crippen molar-refractivity contribution in [3.63, 3.8) is 0 Å². The summed E-state index contributed by atoms with van der Waals surface area (Å²) in [6, 6.07) is 8.52. The lowest BCUT2D eigenvalue weighted by Gasteiger charge is -2.09. The zero-order valence-electron chi connectivity index (χ0n) is 13.4. The number of carboxylic acids is 1. The van der Waals surface area contributed by atoms with Gasteiger partial charge in [0.15, 0.2) is 6.21 Å². The summed E-state index contributed by atoms with van der Waals surface area (Å²) in [4.78, 5) is 10.5. The Balaban J connectivity index is 0.000000593. The van der Waals surface area contributed by atoms with Crippen LogP contribution in [0.4, 0.5) is 5.69 Å². The van der Waals surface area contributed by atoms with Crippen LogP contribution in [0, 0.1) is 0 Å². The van der Waals surface area contributed by atoms with Gasteiger partial charge in [-0.2, -0.15) is 0 Å². The fraction of sp³-hybridized carbons (Fsp3) is 0.500. The molecular weight excluding hydrogens is 318 g/mol. The largest absolute Gasteiger partial charge is 0.481 e. The van der Waals surface area contributed by atoms with Gasteiger partial charge in [-0.1, -0.05) is 18.2 Å². The Morgan fingerprint density at radius 3 is 2.35 bits per heavy atom. The molecule has 0 amide bonds. The van der Waals surface area contributed by atoms with Gasteiger partial charge in [0.2, 0.25) is 5.69 Å². The van der Waals surface area contributed by atoms with Crippen molar-refractivity contribution >= 4 is 28.5 Å². The highest BCUT2D eigenvalue weighted by molar-refractivity contribution is 7.59. The van der Waals surface area contributed by atoms with Crippen molar-refractivity contribution in [2.45, 2.75) is 44.9 Å². The summed E-state index contributed by atoms with van der Waals surface area (Å²) in [6.45, 7) is 5.44. The molecule has 0 atom stereocenters. The van der Waals surface area contributed by atoms with Crippen LogP contribution in [0.2, 0.25) is 0 Å². The molecule has 126 valence electrons. The van der Waals surface area contributed by atoms with Crippen LogP contribution in [0.15, 0.2) is 24.3 Å². The number of unbranched alkanes of at least 4 members (excludes halogenated alkanes) is 2. The molecule has 0 saturated carbocycles. The van der Waals surface area contributed by atoms with Crippen molar-refractivity contribution in [2.75, 3.05) is 6.54 Å². The smallest absolute Gasteiger partial charge is 0.425 e. The standard InChI is InChI=1S/C16H21NO2.O3S/c1-16(2)12-17(11-7-3-4-10-15(18)19)14-9-6-5-8-13(14)16;1-4(2)3/h5-6,8-9,12H,3-4,7,10-11H2,1-2H3;/p+1. The predicted molar refractivity (Wildman–Crippen MR) is 86.1 cm³/mol. The van der Waals surface area contributed by atoms with E-state index < -0.39 is 16.6 Å². The molecule has 2 rings (SSSR count). The van der Waals surface area contributed by atoms with Gasteiger partial charge in [0.1, 0.15) is 6.54 Å². The summed E-state index contributed by atoms with van der Waals surface area (Å²) in [5.74, 6) is -0.695. The molecule has 23 heavy (non-hydrogen) atoms. The topological polar surface area (TPSA) is 91.5 Å². The first kappa shape index (κ1) is 19.0. The Kier molecular flexibility index (Phi) is 7.09. The SMILES string of the molecule is CC1(C)C=[N+](CCCCCC(=O)O)c2ccccc21.O=S(=O)=O. The Hall–Kier alpha value is -2.02. The van der Waals surface area contributed by atoms with E-state index in [1.165, 1.54) is 11.3 Å². The number of carbonyl (C=O) groups is 1. The third-order valence-electron chi connectivity index (χ3n) is 3.68. The highest BCUT2D eigenvalue weighted by atomic mass is 32.2. The van der Waals surface area contributed by atoms with E-state index in [2.05, 4.69) is 48.9 Å². The molecule has 1 aromatic carbocycles. The van der Waals surface area contributed by atoms with Crippen LogP contribution in [0.25, 0.3) is 0 Å². The molecule has 0 bridgehead atoms. The first-order valence-corrected chi connectivity index (χ1v) is 8.45. The molecule has 7 heteroatoms. The summed E-state index contributed by atoms with van der Waals surface area (Å²) >= 11 is 0. The number of para-hydroxylation sites is 1. The van der Waals surface area contributed by atoms with E-state index in [0.717, 1.165) is 25.8 Å². The van der Waals surface area contributed by atoms with Crippen LogP contribution in [0.3, 0.4) is 0 Å². The maximum atomic E-state index is 10.5. The van der Waals surface area contributed by atoms with Gasteiger partial charge < -0.3 is 5.11 Å². The first-order valence-electron chi connectivity index (χ1n) is 7.45. The number of nitrogens with zero attached hydrogens (tertiary/aromatic N) is 1. The molecule has 1 N–H and O–H groups in total. The fourth-order valence-corrected chi connectivity index (χ4v) is 2.72. The third-order valence-corrected chi connectivity index (χ3v) is 3.68. The summed E-state index contributed by atoms with van der Waals surface area (Å²) in [5.41, 5.74) is 2.77. The summed E-state index contributed by atoms with van der Waals surface area (Å²) in [7, 11) is -3.11. The minimum Gasteiger partial charge on any atom is -0.481 e. The lowest BCUT2D eigenvalue weighted by Crippen LogP contribution is -2.17. The summed E-state index contributed by atoms with van der Waals surface area (Å²) < 4.78 is 27.6. The molecule has 0 aliphatic carbocycles. The number of hydrogen-bond acceptors (Lipinski definition) is 4. The van der Waals surface area contributed by atoms with Crippen molar-refractivity contribution in [1.29, 1.82) is 0 Å². The average molecular weight is 340 g/mol. The monoisotopic (exact) mass is 340 g/mol. The molecule has 1 aliphatic heterocycles. The number of rotatable bonds is 6. The number of aliphatic carboxylic acids is 1. The average Bonchev–Trinajstić information content (AvgIpc) is 2.70. The normalized spacial score (nSPS) is 14.3. The van der Waals surface area contributed by atoms with E-state index in [1.807, 2.05) is 0 Å². The van der Waals surface area contributed by atoms with E-state index in [9.17, 15) is 4.79 Å². The zero-order chi connectivity index (χ0) is 17.5. The second kappa shape index (κ2) is 8.57. The minimum absolute atomic E-state index is 0.0949. The van der Waals surface area contributed by atoms with Gasteiger partial charge in [-0.3, -0.25) is 4.79 Å². The third kappa shape index (κ3) is 6.32. The van der Waals surface area contributed by atoms with Crippen LogP contribution in [-0.2, 0) is 20.8 Å². The maximum Gasteiger partial charge on any atom is 0.425 e. The van der Waals surface area contributed by atoms with Crippen molar-refractivity contribution in [1.82, 2.24) is 0 Å². The Labute approximate surface area is 137 Å². The second-order valence-corrected chi connectivity index (χ2v) is 6.38. The van der Waals surface area contributed by atoms with Crippen molar-refractivity contribution in [2.24, 2.45) is 0 Å². The van der Waals surface area contributed by atoms with Gasteiger partial charge in [-0.15, -0.1) is 12.6 Å². The van der Waals surface area contributed by atoms with Gasteiger partial charge in [0.25, 0.3) is 0 Å². The van der Waals surface area contributed by atoms with Crippen molar-refractivity contribution < 1.29 is 27.1 Å². The number of benzene rings is 1. The van der Waals surface area contributed by atoms with Crippen LogP contribution in [0.1, 0.15) is 45.1 Å². The van der Waals surface area contributed by atoms with Gasteiger partial charge in [0.05, 0.1) is 5.41 Å². The predicted octanol–water partition coefficient (Wildman–Crippen LogP) is 2.33. The van der Waals surface area contributed by atoms with E-state index in [0.29, 0.717) is 0 Å². The Morgan fingerprint density at radius 1 is 1.13 bits per heavy atom. The molecule has 1 heterocycles. The Bertz CT molecular complexity index is 685. The molecule has 0 aromatic heterocycles. The van der Waals surface area contributed by atoms with E-state index in [1.54, 1.807) is 0 Å². The van der Waals surface area contributed by atoms with Gasteiger partial charge in [0, 0.05) is 24.5 Å². The van der Waals surface area contributed by atoms with Gasteiger partial charge >= 0.3 is 16.6 Å². The minimum atomic E-state index is -3.11. The zero-order valence-corrected chi connectivity index (χ0v) is 14.2. The van der Waals surface area contributed by atoms with Gasteiger partial charge in [-0.25, -0.2) is 4.58 Å². The molecule has 6 nitrogen and oxygen atoms in total. The Morgan fingerprint density at radius 2 is 1.74 bits per heavy atom. The first-order chi connectivity index (χ1) is 10.7. The van der Waals surface area contributed by atoms with Crippen LogP contribution >= 0.6 is 0 Å². The highest BCUT2D eigenvalue weighted by Crippen LogP contribution is 2.35. The number of fused-ring (bicyclic) bond motifs is 1. The molecule has 0 saturated heterocycles. The quantitative estimate of drug-likeness (QED) is 0.634. The number of hydrogen-bond donors (Lipinski definition) is 1. The van der Waals surface area contributed by atoms with E-state index >= 15 is 0 Å². The molecule has 0 unspecified atom stereocenters. The summed E-state index contributed by atoms with van der Waals surface area (Å²) in [6.07, 6.45) is 5.35. The van der Waals surface area contributed by atoms with Crippen molar-refractivity contribution in [3.05, 3.63) is 29.8 Å². The molecule has 1 aromatic rings. The molecule has 1 aliphatic rings. The fourth-order valence-electron chi connectivity index (χ4n) is 2.72. The molecular formula is C16H22NO5S+. The summed E-state index contributed by atoms with van der Waals surface area (Å²) in [5, 5.41) is 8.61. The highest BCUT2D eigenvalue weighted by Gasteiger charge is 2.36. The lowest BCUT2D eigenvalue weighted by molar-refractivity contribution is -0.434. The lowest BCUT2D eigenvalue weighted by atomic mass is 9.87. The molecule has 0 fully saturated rings. The molecule has 0 spiro atoms. The maximum absolute atomic E-state index is 10.5. The van der Waals surface area contributed by atoms with Crippen LogP contribution < -0.4 is 0 Å². The molecule has 0 radical (unpaired) electrons. The van der Waals surface area contributed by atoms with Crippen LogP contribution in [0.5, 0.6) is 0 Å². The number of carboxylic acid groups (broad SMARTS) is 1. The van der Waals surface area contributed by atoms with Gasteiger partial charge in [-0.05, 0) is 26.7 Å². The van der Waals surface area contributed by atoms with E-state index in [4.69, 9.17) is 17.7 Å². The van der Waals surface area contributed by atoms with Crippen LogP contribution in [-0.4, -0.2) is 41.0 Å².